The molecule has 9 nitrogen and oxygen atoms in total. The van der Waals surface area contributed by atoms with Crippen LogP contribution in [0.25, 0.3) is 0 Å². The van der Waals surface area contributed by atoms with E-state index in [9.17, 15) is 20.3 Å². The maximum Gasteiger partial charge on any atom is 0.269 e. The first-order valence-corrected chi connectivity index (χ1v) is 8.77. The maximum absolute atomic E-state index is 10.7. The minimum atomic E-state index is -1.37. The summed E-state index contributed by atoms with van der Waals surface area (Å²) in [4.78, 5) is 10.2. The van der Waals surface area contributed by atoms with Crippen LogP contribution in [0, 0.1) is 10.1 Å². The second-order valence-electron chi connectivity index (χ2n) is 6.57. The van der Waals surface area contributed by atoms with Gasteiger partial charge in [-0.15, -0.1) is 0 Å². The molecule has 9 heteroatoms. The number of hydrogen-bond donors (Lipinski definition) is 2. The SMILES string of the molecule is O=[N+]([O-])c1ccc(O[C@H]2O[C@@H]3CO[C@H](c4ccccc4)O[C@H]3[C@H](O)[C@@H]2O)cc1. The van der Waals surface area contributed by atoms with Crippen molar-refractivity contribution in [1.82, 2.24) is 0 Å². The Morgan fingerprint density at radius 1 is 1.00 bits per heavy atom. The molecule has 2 N–H and O–H groups in total. The summed E-state index contributed by atoms with van der Waals surface area (Å²) in [6.45, 7) is 0.147. The number of fused-ring (bicyclic) bond motifs is 1. The summed E-state index contributed by atoms with van der Waals surface area (Å²) < 4.78 is 22.8. The molecule has 0 amide bonds. The van der Waals surface area contributed by atoms with E-state index in [-0.39, 0.29) is 18.0 Å². The third kappa shape index (κ3) is 3.71. The van der Waals surface area contributed by atoms with Gasteiger partial charge in [0.05, 0.1) is 11.5 Å². The van der Waals surface area contributed by atoms with Gasteiger partial charge in [0.25, 0.3) is 5.69 Å². The molecular weight excluding hydrogens is 370 g/mol. The van der Waals surface area contributed by atoms with Gasteiger partial charge in [0.15, 0.2) is 6.29 Å². The highest BCUT2D eigenvalue weighted by molar-refractivity contribution is 5.36. The van der Waals surface area contributed by atoms with Crippen LogP contribution in [0.1, 0.15) is 11.9 Å². The van der Waals surface area contributed by atoms with Gasteiger partial charge in [0.1, 0.15) is 30.2 Å². The van der Waals surface area contributed by atoms with Gasteiger partial charge in [-0.25, -0.2) is 0 Å². The van der Waals surface area contributed by atoms with Crippen molar-refractivity contribution in [3.63, 3.8) is 0 Å². The number of non-ortho nitro benzene ring substituents is 1. The third-order valence-electron chi connectivity index (χ3n) is 4.70. The summed E-state index contributed by atoms with van der Waals surface area (Å²) in [6.07, 6.45) is -5.88. The molecule has 2 aromatic carbocycles. The highest BCUT2D eigenvalue weighted by atomic mass is 16.8. The van der Waals surface area contributed by atoms with Crippen molar-refractivity contribution in [3.05, 3.63) is 70.3 Å². The van der Waals surface area contributed by atoms with Gasteiger partial charge in [0.2, 0.25) is 6.29 Å². The van der Waals surface area contributed by atoms with Gasteiger partial charge in [-0.1, -0.05) is 30.3 Å². The van der Waals surface area contributed by atoms with E-state index in [1.807, 2.05) is 30.3 Å². The van der Waals surface area contributed by atoms with E-state index >= 15 is 0 Å². The highest BCUT2D eigenvalue weighted by Crippen LogP contribution is 2.34. The molecule has 0 unspecified atom stereocenters. The zero-order chi connectivity index (χ0) is 19.7. The Balaban J connectivity index is 1.43. The van der Waals surface area contributed by atoms with E-state index in [0.29, 0.717) is 0 Å². The Kier molecular flexibility index (Phi) is 5.25. The molecular formula is C19H19NO8. The van der Waals surface area contributed by atoms with E-state index in [1.165, 1.54) is 24.3 Å². The van der Waals surface area contributed by atoms with Crippen LogP contribution < -0.4 is 4.74 Å². The summed E-state index contributed by atoms with van der Waals surface area (Å²) in [5.41, 5.74) is 0.713. The van der Waals surface area contributed by atoms with Crippen molar-refractivity contribution < 1.29 is 34.1 Å². The molecule has 148 valence electrons. The molecule has 2 saturated heterocycles. The van der Waals surface area contributed by atoms with E-state index in [4.69, 9.17) is 18.9 Å². The van der Waals surface area contributed by atoms with Crippen LogP contribution in [0.2, 0.25) is 0 Å². The van der Waals surface area contributed by atoms with Gasteiger partial charge in [-0.05, 0) is 12.1 Å². The minimum absolute atomic E-state index is 0.0846. The fourth-order valence-electron chi connectivity index (χ4n) is 3.23. The van der Waals surface area contributed by atoms with E-state index < -0.39 is 41.9 Å². The Hall–Kier alpha value is -2.56. The van der Waals surface area contributed by atoms with Crippen LogP contribution in [0.15, 0.2) is 54.6 Å². The van der Waals surface area contributed by atoms with Gasteiger partial charge >= 0.3 is 0 Å². The largest absolute Gasteiger partial charge is 0.462 e. The van der Waals surface area contributed by atoms with Gasteiger partial charge < -0.3 is 29.2 Å². The minimum Gasteiger partial charge on any atom is -0.462 e. The normalized spacial score (nSPS) is 32.4. The molecule has 0 saturated carbocycles. The monoisotopic (exact) mass is 389 g/mol. The Morgan fingerprint density at radius 2 is 1.71 bits per heavy atom. The van der Waals surface area contributed by atoms with Crippen molar-refractivity contribution in [2.24, 2.45) is 0 Å². The number of nitro groups is 1. The number of benzene rings is 2. The molecule has 2 aliphatic heterocycles. The van der Waals surface area contributed by atoms with Crippen molar-refractivity contribution >= 4 is 5.69 Å². The fourth-order valence-corrected chi connectivity index (χ4v) is 3.23. The fraction of sp³-hybridized carbons (Fsp3) is 0.368. The summed E-state index contributed by atoms with van der Waals surface area (Å²) in [5, 5.41) is 31.7. The smallest absolute Gasteiger partial charge is 0.269 e. The molecule has 0 spiro atoms. The average molecular weight is 389 g/mol. The number of ether oxygens (including phenoxy) is 4. The molecule has 0 bridgehead atoms. The lowest BCUT2D eigenvalue weighted by molar-refractivity contribution is -0.384. The molecule has 28 heavy (non-hydrogen) atoms. The summed E-state index contributed by atoms with van der Waals surface area (Å²) >= 11 is 0. The summed E-state index contributed by atoms with van der Waals surface area (Å²) in [5.74, 6) is 0.264. The molecule has 2 heterocycles. The van der Waals surface area contributed by atoms with Gasteiger partial charge in [0, 0.05) is 17.7 Å². The second-order valence-corrected chi connectivity index (χ2v) is 6.57. The first-order valence-electron chi connectivity index (χ1n) is 8.77. The first kappa shape index (κ1) is 18.8. The topological polar surface area (TPSA) is 121 Å². The summed E-state index contributed by atoms with van der Waals surface area (Å²) in [7, 11) is 0. The van der Waals surface area contributed by atoms with Crippen LogP contribution in [0.4, 0.5) is 5.69 Å². The Morgan fingerprint density at radius 3 is 2.39 bits per heavy atom. The highest BCUT2D eigenvalue weighted by Gasteiger charge is 2.49. The maximum atomic E-state index is 10.7. The lowest BCUT2D eigenvalue weighted by Crippen LogP contribution is -2.62. The van der Waals surface area contributed by atoms with E-state index in [2.05, 4.69) is 0 Å². The molecule has 0 aliphatic carbocycles. The standard InChI is InChI=1S/C19H19NO8/c21-15-16(22)19(26-13-8-6-12(7-9-13)20(23)24)27-14-10-25-18(28-17(14)15)11-4-2-1-3-5-11/h1-9,14-19,21-22H,10H2/t14-,15-,16+,17-,18+,19+/m1/s1. The predicted octanol–water partition coefficient (Wildman–Crippen LogP) is 1.53. The molecule has 6 atom stereocenters. The lowest BCUT2D eigenvalue weighted by Gasteiger charge is -2.46. The molecule has 2 fully saturated rings. The van der Waals surface area contributed by atoms with Crippen molar-refractivity contribution in [2.75, 3.05) is 6.61 Å². The Labute approximate surface area is 160 Å². The summed E-state index contributed by atoms with van der Waals surface area (Å²) in [6, 6.07) is 14.6. The first-order chi connectivity index (χ1) is 13.5. The van der Waals surface area contributed by atoms with Crippen LogP contribution in [0.3, 0.4) is 0 Å². The van der Waals surface area contributed by atoms with Crippen LogP contribution in [-0.4, -0.2) is 52.4 Å². The van der Waals surface area contributed by atoms with Gasteiger partial charge in [-0.2, -0.15) is 0 Å². The van der Waals surface area contributed by atoms with Gasteiger partial charge in [-0.3, -0.25) is 10.1 Å². The number of rotatable bonds is 4. The van der Waals surface area contributed by atoms with Crippen LogP contribution in [0.5, 0.6) is 5.75 Å². The molecule has 4 rings (SSSR count). The van der Waals surface area contributed by atoms with Crippen molar-refractivity contribution in [2.45, 2.75) is 37.0 Å². The van der Waals surface area contributed by atoms with Crippen LogP contribution in [-0.2, 0) is 14.2 Å². The third-order valence-corrected chi connectivity index (χ3v) is 4.70. The zero-order valence-electron chi connectivity index (χ0n) is 14.7. The molecule has 2 aromatic rings. The zero-order valence-corrected chi connectivity index (χ0v) is 14.7. The van der Waals surface area contributed by atoms with Crippen LogP contribution >= 0.6 is 0 Å². The number of hydrogen-bond acceptors (Lipinski definition) is 8. The van der Waals surface area contributed by atoms with E-state index in [0.717, 1.165) is 5.56 Å². The van der Waals surface area contributed by atoms with E-state index in [1.54, 1.807) is 0 Å². The van der Waals surface area contributed by atoms with Crippen molar-refractivity contribution in [3.8, 4) is 5.75 Å². The quantitative estimate of drug-likeness (QED) is 0.597. The lowest BCUT2D eigenvalue weighted by atomic mass is 9.98. The average Bonchev–Trinajstić information content (AvgIpc) is 2.72. The number of aliphatic hydroxyl groups excluding tert-OH is 2. The number of nitrogens with zero attached hydrogens (tertiary/aromatic N) is 1. The number of nitro benzene ring substituents is 1. The Bertz CT molecular complexity index is 812. The molecule has 0 aromatic heterocycles. The molecule has 0 radical (unpaired) electrons. The van der Waals surface area contributed by atoms with Crippen molar-refractivity contribution in [1.29, 1.82) is 0 Å². The second kappa shape index (κ2) is 7.82. The molecule has 2 aliphatic rings. The number of aliphatic hydroxyl groups is 2. The predicted molar refractivity (Wildman–Crippen MR) is 94.4 cm³/mol.